The summed E-state index contributed by atoms with van der Waals surface area (Å²) in [6, 6.07) is 11.0. The van der Waals surface area contributed by atoms with Gasteiger partial charge in [-0.1, -0.05) is 0 Å². The van der Waals surface area contributed by atoms with E-state index in [1.54, 1.807) is 3.33 Å². The molecule has 0 radical (unpaired) electrons. The number of allylic oxidation sites excluding steroid dienone is 4. The maximum atomic E-state index is 2.58. The van der Waals surface area contributed by atoms with E-state index in [-0.39, 0.29) is 24.8 Å². The number of benzene rings is 1. The second-order valence-corrected chi connectivity index (χ2v) is 49.8. The van der Waals surface area contributed by atoms with Crippen LogP contribution in [0.15, 0.2) is 51.9 Å². The normalized spacial score (nSPS) is 14.5. The van der Waals surface area contributed by atoms with Crippen LogP contribution in [0, 0.1) is 0 Å². The number of halogens is 2. The van der Waals surface area contributed by atoms with Gasteiger partial charge in [-0.2, -0.15) is 0 Å². The van der Waals surface area contributed by atoms with Crippen molar-refractivity contribution in [2.24, 2.45) is 0 Å². The third kappa shape index (κ3) is 4.48. The Morgan fingerprint density at radius 3 is 2.22 bits per heavy atom. The van der Waals surface area contributed by atoms with Crippen molar-refractivity contribution in [3.8, 4) is 0 Å². The molecule has 0 nitrogen and oxygen atoms in total. The van der Waals surface area contributed by atoms with Gasteiger partial charge in [-0.3, -0.25) is 0 Å². The molecule has 0 fully saturated rings. The Hall–Kier alpha value is 0.367. The summed E-state index contributed by atoms with van der Waals surface area (Å²) >= 11 is -2.70. The molecule has 0 N–H and O–H groups in total. The summed E-state index contributed by atoms with van der Waals surface area (Å²) in [6.45, 7) is 2.34. The molecule has 0 unspecified atom stereocenters. The Labute approximate surface area is 125 Å². The third-order valence-electron chi connectivity index (χ3n) is 3.48. The van der Waals surface area contributed by atoms with Gasteiger partial charge in [0.25, 0.3) is 0 Å². The van der Waals surface area contributed by atoms with Crippen molar-refractivity contribution in [1.82, 2.24) is 0 Å². The van der Waals surface area contributed by atoms with Crippen LogP contribution in [0.4, 0.5) is 0 Å². The standard InChI is InChI=1S/C7H7.C5H5.2CH3.2ClH.Hf.H2Si/c1-7-5-3-2-4-6-7;1-2-4-5-3-1;;;;;;/h2-6H,1H2;1-3H,4H2;2*1H3;2*1H;;1H2. The Balaban J connectivity index is 0.00000144. The van der Waals surface area contributed by atoms with Crippen LogP contribution in [0.3, 0.4) is 0 Å². The zero-order valence-electron chi connectivity index (χ0n) is 11.1. The van der Waals surface area contributed by atoms with Gasteiger partial charge in [0.1, 0.15) is 0 Å². The fraction of sp³-hybridized carbons (Fsp3) is 0.286. The first kappa shape index (κ1) is 18.4. The number of rotatable bonds is 3. The molecule has 0 saturated carbocycles. The Morgan fingerprint density at radius 2 is 1.72 bits per heavy atom. The zero-order chi connectivity index (χ0) is 11.7. The fourth-order valence-electron chi connectivity index (χ4n) is 2.44. The summed E-state index contributed by atoms with van der Waals surface area (Å²) in [4.78, 5) is 0. The van der Waals surface area contributed by atoms with Crippen LogP contribution in [0.25, 0.3) is 0 Å². The van der Waals surface area contributed by atoms with Crippen LogP contribution >= 0.6 is 24.8 Å². The van der Waals surface area contributed by atoms with E-state index in [2.05, 4.69) is 64.9 Å². The van der Waals surface area contributed by atoms with Gasteiger partial charge in [0, 0.05) is 0 Å². The molecule has 1 aliphatic carbocycles. The molecular formula is C14H22Cl2HfSi. The van der Waals surface area contributed by atoms with Crippen molar-refractivity contribution >= 4 is 31.8 Å². The summed E-state index contributed by atoms with van der Waals surface area (Å²) in [6.07, 6.45) is 8.12. The number of hydrogen-bond donors (Lipinski definition) is 0. The molecule has 0 saturated heterocycles. The maximum absolute atomic E-state index is 2.70. The van der Waals surface area contributed by atoms with Crippen molar-refractivity contribution in [2.45, 2.75) is 20.0 Å². The summed E-state index contributed by atoms with van der Waals surface area (Å²) in [5.41, 5.74) is 1.52. The van der Waals surface area contributed by atoms with Gasteiger partial charge >= 0.3 is 101 Å². The minimum atomic E-state index is -2.70. The van der Waals surface area contributed by atoms with Gasteiger partial charge in [-0.05, 0) is 0 Å². The molecule has 0 bridgehead atoms. The van der Waals surface area contributed by atoms with E-state index in [0.717, 1.165) is 0 Å². The van der Waals surface area contributed by atoms with Gasteiger partial charge in [-0.25, -0.2) is 0 Å². The predicted octanol–water partition coefficient (Wildman–Crippen LogP) is 4.21. The molecule has 0 amide bonds. The Morgan fingerprint density at radius 1 is 1.11 bits per heavy atom. The van der Waals surface area contributed by atoms with Gasteiger partial charge in [0.2, 0.25) is 0 Å². The summed E-state index contributed by atoms with van der Waals surface area (Å²) in [5.74, 6) is 0. The Bertz CT molecular complexity index is 512. The Kier molecular flexibility index (Phi) is 6.83. The molecule has 100 valence electrons. The van der Waals surface area contributed by atoms with E-state index in [1.807, 2.05) is 0 Å². The molecule has 18 heavy (non-hydrogen) atoms. The quantitative estimate of drug-likeness (QED) is 0.584. The van der Waals surface area contributed by atoms with Crippen LogP contribution in [-0.2, 0) is 21.3 Å². The van der Waals surface area contributed by atoms with E-state index >= 15 is 0 Å². The monoisotopic (exact) mass is 468 g/mol. The average Bonchev–Trinajstić information content (AvgIpc) is 2.71. The second-order valence-electron chi connectivity index (χ2n) is 6.00. The first-order valence-electron chi connectivity index (χ1n) is 5.94. The van der Waals surface area contributed by atoms with Gasteiger partial charge in [0.15, 0.2) is 0 Å². The molecule has 0 aromatic heterocycles. The zero-order valence-corrected chi connectivity index (χ0v) is 17.7. The minimum absolute atomic E-state index is 0. The summed E-state index contributed by atoms with van der Waals surface area (Å²) in [5, 5.41) is 0. The molecule has 0 aliphatic heterocycles. The molecule has 0 atom stereocenters. The topological polar surface area (TPSA) is 0 Å². The first-order valence-corrected chi connectivity index (χ1v) is 25.8. The van der Waals surface area contributed by atoms with Crippen molar-refractivity contribution in [1.29, 1.82) is 0 Å². The van der Waals surface area contributed by atoms with E-state index in [1.165, 1.54) is 16.2 Å². The van der Waals surface area contributed by atoms with Crippen molar-refractivity contribution < 1.29 is 17.1 Å². The van der Waals surface area contributed by atoms with Crippen LogP contribution in [0.1, 0.15) is 12.0 Å². The van der Waals surface area contributed by atoms with E-state index in [9.17, 15) is 0 Å². The predicted molar refractivity (Wildman–Crippen MR) is 86.8 cm³/mol. The molecule has 1 aliphatic rings. The number of hydrogen-bond acceptors (Lipinski definition) is 0. The molecule has 4 heteroatoms. The van der Waals surface area contributed by atoms with E-state index < -0.39 is 17.1 Å². The second kappa shape index (κ2) is 6.69. The first-order chi connectivity index (χ1) is 7.46. The van der Waals surface area contributed by atoms with Gasteiger partial charge < -0.3 is 0 Å². The van der Waals surface area contributed by atoms with Crippen molar-refractivity contribution in [3.63, 3.8) is 0 Å². The van der Waals surface area contributed by atoms with Crippen LogP contribution in [0.2, 0.25) is 9.36 Å². The van der Waals surface area contributed by atoms with Crippen LogP contribution in [-0.4, -0.2) is 6.94 Å². The van der Waals surface area contributed by atoms with Crippen molar-refractivity contribution in [2.75, 3.05) is 0 Å². The molecular weight excluding hydrogens is 446 g/mol. The van der Waals surface area contributed by atoms with Crippen LogP contribution in [0.5, 0.6) is 0 Å². The summed E-state index contributed by atoms with van der Waals surface area (Å²) < 4.78 is 8.26. The van der Waals surface area contributed by atoms with Crippen LogP contribution < -0.4 is 0 Å². The summed E-state index contributed by atoms with van der Waals surface area (Å²) in [7, 11) is 0. The average molecular weight is 468 g/mol. The van der Waals surface area contributed by atoms with E-state index in [4.69, 9.17) is 0 Å². The fourth-order valence-corrected chi connectivity index (χ4v) is 18.6. The third-order valence-corrected chi connectivity index (χ3v) is 24.0. The van der Waals surface area contributed by atoms with Gasteiger partial charge in [0.05, 0.1) is 0 Å². The molecule has 2 rings (SSSR count). The molecule has 1 aromatic carbocycles. The SMILES string of the molecule is Cl.Cl.[CH3][Hf]([CH3])(=[SiH2])([CH2]c1ccccc1)[C]1=CC=CC1. The van der Waals surface area contributed by atoms with E-state index in [0.29, 0.717) is 0 Å². The molecule has 1 aromatic rings. The van der Waals surface area contributed by atoms with Crippen molar-refractivity contribution in [3.05, 3.63) is 57.5 Å². The van der Waals surface area contributed by atoms with Gasteiger partial charge in [-0.15, -0.1) is 24.8 Å². The molecule has 0 spiro atoms. The molecule has 0 heterocycles.